The third kappa shape index (κ3) is 3.85. The fourth-order valence-corrected chi connectivity index (χ4v) is 2.36. The van der Waals surface area contributed by atoms with Crippen molar-refractivity contribution in [2.75, 3.05) is 5.32 Å². The first kappa shape index (κ1) is 17.3. The lowest BCUT2D eigenvalue weighted by Crippen LogP contribution is -2.15. The second-order valence-electron chi connectivity index (χ2n) is 5.40. The number of halogens is 4. The van der Waals surface area contributed by atoms with E-state index in [9.17, 15) is 18.0 Å². The quantitative estimate of drug-likeness (QED) is 0.763. The third-order valence-electron chi connectivity index (χ3n) is 3.63. The minimum atomic E-state index is -4.50. The molecule has 0 aromatic heterocycles. The van der Waals surface area contributed by atoms with Gasteiger partial charge in [-0.05, 0) is 61.7 Å². The Kier molecular flexibility index (Phi) is 4.71. The van der Waals surface area contributed by atoms with Gasteiger partial charge in [0.05, 0.1) is 16.3 Å². The summed E-state index contributed by atoms with van der Waals surface area (Å²) >= 11 is 5.89. The van der Waals surface area contributed by atoms with E-state index < -0.39 is 17.6 Å². The molecule has 0 spiro atoms. The van der Waals surface area contributed by atoms with E-state index in [0.717, 1.165) is 34.9 Å². The van der Waals surface area contributed by atoms with Crippen LogP contribution in [0, 0.1) is 20.8 Å². The Bertz CT molecular complexity index is 769. The van der Waals surface area contributed by atoms with E-state index in [1.807, 2.05) is 19.9 Å². The molecule has 2 rings (SSSR count). The first-order valence-electron chi connectivity index (χ1n) is 6.85. The number of rotatable bonds is 2. The zero-order valence-corrected chi connectivity index (χ0v) is 13.6. The van der Waals surface area contributed by atoms with Crippen molar-refractivity contribution >= 4 is 23.2 Å². The Hall–Kier alpha value is -2.01. The summed E-state index contributed by atoms with van der Waals surface area (Å²) in [6.45, 7) is 5.56. The highest BCUT2D eigenvalue weighted by Gasteiger charge is 2.31. The molecule has 0 saturated heterocycles. The van der Waals surface area contributed by atoms with E-state index in [0.29, 0.717) is 5.56 Å². The van der Waals surface area contributed by atoms with Gasteiger partial charge in [-0.15, -0.1) is 0 Å². The SMILES string of the molecule is Cc1cc(C)c(C(=O)Nc2cc(C(F)(F)F)ccc2Cl)cc1C. The summed E-state index contributed by atoms with van der Waals surface area (Å²) in [7, 11) is 0. The van der Waals surface area contributed by atoms with Gasteiger partial charge >= 0.3 is 6.18 Å². The van der Waals surface area contributed by atoms with Gasteiger partial charge in [0.15, 0.2) is 0 Å². The number of amides is 1. The lowest BCUT2D eigenvalue weighted by Gasteiger charge is -2.13. The lowest BCUT2D eigenvalue weighted by atomic mass is 10.0. The molecule has 0 aliphatic carbocycles. The van der Waals surface area contributed by atoms with Gasteiger partial charge in [-0.1, -0.05) is 17.7 Å². The summed E-state index contributed by atoms with van der Waals surface area (Å²) in [6, 6.07) is 6.39. The molecular weight excluding hydrogens is 327 g/mol. The number of aryl methyl sites for hydroxylation is 3. The minimum Gasteiger partial charge on any atom is -0.321 e. The van der Waals surface area contributed by atoms with Crippen molar-refractivity contribution in [3.63, 3.8) is 0 Å². The molecule has 1 N–H and O–H groups in total. The molecule has 0 radical (unpaired) electrons. The van der Waals surface area contributed by atoms with Crippen LogP contribution in [0.2, 0.25) is 5.02 Å². The Morgan fingerprint density at radius 3 is 2.22 bits per heavy atom. The molecule has 122 valence electrons. The summed E-state index contributed by atoms with van der Waals surface area (Å²) in [5.74, 6) is -0.494. The van der Waals surface area contributed by atoms with Gasteiger partial charge in [0.25, 0.3) is 5.91 Å². The molecule has 6 heteroatoms. The molecule has 0 aliphatic rings. The molecule has 2 nitrogen and oxygen atoms in total. The molecule has 0 saturated carbocycles. The zero-order valence-electron chi connectivity index (χ0n) is 12.8. The molecule has 0 atom stereocenters. The molecule has 0 heterocycles. The van der Waals surface area contributed by atoms with Crippen LogP contribution in [0.3, 0.4) is 0 Å². The highest BCUT2D eigenvalue weighted by atomic mass is 35.5. The highest BCUT2D eigenvalue weighted by molar-refractivity contribution is 6.34. The normalized spacial score (nSPS) is 11.4. The first-order valence-corrected chi connectivity index (χ1v) is 7.23. The fraction of sp³-hybridized carbons (Fsp3) is 0.235. The van der Waals surface area contributed by atoms with Crippen LogP contribution in [-0.2, 0) is 6.18 Å². The predicted octanol–water partition coefficient (Wildman–Crippen LogP) is 5.54. The molecule has 2 aromatic carbocycles. The van der Waals surface area contributed by atoms with E-state index >= 15 is 0 Å². The van der Waals surface area contributed by atoms with Crippen molar-refractivity contribution < 1.29 is 18.0 Å². The zero-order chi connectivity index (χ0) is 17.4. The third-order valence-corrected chi connectivity index (χ3v) is 3.96. The number of carbonyl (C=O) groups excluding carboxylic acids is 1. The molecular formula is C17H15ClF3NO. The van der Waals surface area contributed by atoms with E-state index in [1.165, 1.54) is 0 Å². The van der Waals surface area contributed by atoms with E-state index in [-0.39, 0.29) is 10.7 Å². The maximum Gasteiger partial charge on any atom is 0.416 e. The van der Waals surface area contributed by atoms with Gasteiger partial charge in [0.1, 0.15) is 0 Å². The Labute approximate surface area is 137 Å². The van der Waals surface area contributed by atoms with Crippen LogP contribution in [0.1, 0.15) is 32.6 Å². The van der Waals surface area contributed by atoms with Crippen molar-refractivity contribution in [3.8, 4) is 0 Å². The summed E-state index contributed by atoms with van der Waals surface area (Å²) in [4.78, 5) is 12.4. The first-order chi connectivity index (χ1) is 10.6. The summed E-state index contributed by atoms with van der Waals surface area (Å²) < 4.78 is 38.3. The molecule has 0 fully saturated rings. The summed E-state index contributed by atoms with van der Waals surface area (Å²) in [5.41, 5.74) is 2.18. The van der Waals surface area contributed by atoms with Crippen LogP contribution >= 0.6 is 11.6 Å². The van der Waals surface area contributed by atoms with Gasteiger partial charge in [0.2, 0.25) is 0 Å². The number of hydrogen-bond donors (Lipinski definition) is 1. The van der Waals surface area contributed by atoms with Crippen LogP contribution in [-0.4, -0.2) is 5.91 Å². The number of anilines is 1. The van der Waals surface area contributed by atoms with Gasteiger partial charge in [-0.2, -0.15) is 13.2 Å². The van der Waals surface area contributed by atoms with Crippen LogP contribution in [0.15, 0.2) is 30.3 Å². The maximum absolute atomic E-state index is 12.8. The van der Waals surface area contributed by atoms with Gasteiger partial charge in [-0.25, -0.2) is 0 Å². The van der Waals surface area contributed by atoms with Crippen LogP contribution in [0.25, 0.3) is 0 Å². The Morgan fingerprint density at radius 2 is 1.61 bits per heavy atom. The van der Waals surface area contributed by atoms with Crippen molar-refractivity contribution in [3.05, 3.63) is 63.2 Å². The van der Waals surface area contributed by atoms with Crippen LogP contribution < -0.4 is 5.32 Å². The minimum absolute atomic E-state index is 0.0489. The summed E-state index contributed by atoms with van der Waals surface area (Å²) in [6.07, 6.45) is -4.50. The second-order valence-corrected chi connectivity index (χ2v) is 5.81. The number of alkyl halides is 3. The topological polar surface area (TPSA) is 29.1 Å². The Balaban J connectivity index is 2.36. The van der Waals surface area contributed by atoms with E-state index in [4.69, 9.17) is 11.6 Å². The smallest absolute Gasteiger partial charge is 0.321 e. The van der Waals surface area contributed by atoms with Crippen molar-refractivity contribution in [1.82, 2.24) is 0 Å². The van der Waals surface area contributed by atoms with Crippen molar-refractivity contribution in [2.45, 2.75) is 26.9 Å². The standard InChI is InChI=1S/C17H15ClF3NO/c1-9-6-11(3)13(7-10(9)2)16(23)22-15-8-12(17(19,20)21)4-5-14(15)18/h4-8H,1-3H3,(H,22,23). The van der Waals surface area contributed by atoms with E-state index in [2.05, 4.69) is 5.32 Å². The largest absolute Gasteiger partial charge is 0.416 e. The predicted molar refractivity (Wildman–Crippen MR) is 85.1 cm³/mol. The highest BCUT2D eigenvalue weighted by Crippen LogP contribution is 2.34. The number of nitrogens with one attached hydrogen (secondary N) is 1. The second kappa shape index (κ2) is 6.24. The number of hydrogen-bond acceptors (Lipinski definition) is 1. The van der Waals surface area contributed by atoms with Crippen molar-refractivity contribution in [2.24, 2.45) is 0 Å². The van der Waals surface area contributed by atoms with Gasteiger partial charge < -0.3 is 5.32 Å². The molecule has 2 aromatic rings. The van der Waals surface area contributed by atoms with Gasteiger partial charge in [-0.3, -0.25) is 4.79 Å². The number of carbonyl (C=O) groups is 1. The van der Waals surface area contributed by atoms with E-state index in [1.54, 1.807) is 13.0 Å². The maximum atomic E-state index is 12.8. The Morgan fingerprint density at radius 1 is 1.00 bits per heavy atom. The van der Waals surface area contributed by atoms with Crippen molar-refractivity contribution in [1.29, 1.82) is 0 Å². The fourth-order valence-electron chi connectivity index (χ4n) is 2.19. The average molecular weight is 342 g/mol. The van der Waals surface area contributed by atoms with Crippen LogP contribution in [0.5, 0.6) is 0 Å². The molecule has 0 bridgehead atoms. The molecule has 23 heavy (non-hydrogen) atoms. The molecule has 1 amide bonds. The summed E-state index contributed by atoms with van der Waals surface area (Å²) in [5, 5.41) is 2.50. The average Bonchev–Trinajstić information content (AvgIpc) is 2.43. The molecule has 0 unspecified atom stereocenters. The monoisotopic (exact) mass is 341 g/mol. The van der Waals surface area contributed by atoms with Crippen LogP contribution in [0.4, 0.5) is 18.9 Å². The number of benzene rings is 2. The van der Waals surface area contributed by atoms with Gasteiger partial charge in [0, 0.05) is 5.56 Å². The lowest BCUT2D eigenvalue weighted by molar-refractivity contribution is -0.137. The molecule has 0 aliphatic heterocycles.